The van der Waals surface area contributed by atoms with E-state index in [1.165, 1.54) is 0 Å². The Hall–Kier alpha value is -1.85. The molecule has 1 aromatic heterocycles. The summed E-state index contributed by atoms with van der Waals surface area (Å²) in [5.74, 6) is 0. The van der Waals surface area contributed by atoms with E-state index in [1.807, 2.05) is 55.6 Å². The predicted octanol–water partition coefficient (Wildman–Crippen LogP) is 3.65. The van der Waals surface area contributed by atoms with Gasteiger partial charge in [-0.1, -0.05) is 18.2 Å². The minimum atomic E-state index is -0.215. The number of anilines is 1. The second-order valence-electron chi connectivity index (χ2n) is 4.75. The smallest absolute Gasteiger partial charge is 0.319 e. The largest absolute Gasteiger partial charge is 0.331 e. The van der Waals surface area contributed by atoms with Crippen molar-refractivity contribution in [3.05, 3.63) is 52.2 Å². The van der Waals surface area contributed by atoms with Crippen LogP contribution in [0.5, 0.6) is 0 Å². The number of amides is 2. The van der Waals surface area contributed by atoms with E-state index in [0.717, 1.165) is 16.1 Å². The Morgan fingerprint density at radius 2 is 2.05 bits per heavy atom. The first-order chi connectivity index (χ1) is 9.56. The van der Waals surface area contributed by atoms with Crippen molar-refractivity contribution in [2.24, 2.45) is 5.73 Å². The molecule has 1 aromatic carbocycles. The fraction of sp³-hybridized carbons (Fsp3) is 0.267. The maximum Gasteiger partial charge on any atom is 0.319 e. The molecule has 2 unspecified atom stereocenters. The average Bonchev–Trinajstić information content (AvgIpc) is 2.92. The van der Waals surface area contributed by atoms with E-state index in [2.05, 4.69) is 10.6 Å². The highest BCUT2D eigenvalue weighted by molar-refractivity contribution is 7.10. The Morgan fingerprint density at radius 1 is 1.25 bits per heavy atom. The van der Waals surface area contributed by atoms with Crippen LogP contribution in [0.15, 0.2) is 41.8 Å². The van der Waals surface area contributed by atoms with Gasteiger partial charge in [0.1, 0.15) is 0 Å². The van der Waals surface area contributed by atoms with Gasteiger partial charge in [-0.2, -0.15) is 0 Å². The average molecular weight is 289 g/mol. The highest BCUT2D eigenvalue weighted by Crippen LogP contribution is 2.19. The van der Waals surface area contributed by atoms with Crippen LogP contribution in [0.4, 0.5) is 10.5 Å². The van der Waals surface area contributed by atoms with E-state index >= 15 is 0 Å². The van der Waals surface area contributed by atoms with Gasteiger partial charge in [0, 0.05) is 16.6 Å². The van der Waals surface area contributed by atoms with E-state index in [1.54, 1.807) is 11.3 Å². The van der Waals surface area contributed by atoms with Gasteiger partial charge in [-0.25, -0.2) is 4.79 Å². The lowest BCUT2D eigenvalue weighted by Crippen LogP contribution is -2.30. The molecular formula is C15H19N3OS. The zero-order chi connectivity index (χ0) is 14.5. The van der Waals surface area contributed by atoms with Crippen LogP contribution in [0.2, 0.25) is 0 Å². The van der Waals surface area contributed by atoms with Crippen molar-refractivity contribution < 1.29 is 4.79 Å². The zero-order valence-electron chi connectivity index (χ0n) is 11.6. The monoisotopic (exact) mass is 289 g/mol. The molecule has 0 aliphatic heterocycles. The highest BCUT2D eigenvalue weighted by Gasteiger charge is 2.10. The van der Waals surface area contributed by atoms with Crippen LogP contribution in [-0.2, 0) is 0 Å². The molecule has 0 saturated carbocycles. The number of rotatable bonds is 4. The highest BCUT2D eigenvalue weighted by atomic mass is 32.1. The molecule has 0 aliphatic carbocycles. The van der Waals surface area contributed by atoms with Gasteiger partial charge in [0.2, 0.25) is 0 Å². The minimum absolute atomic E-state index is 0.00776. The summed E-state index contributed by atoms with van der Waals surface area (Å²) in [6.07, 6.45) is 0. The van der Waals surface area contributed by atoms with Gasteiger partial charge in [0.05, 0.1) is 6.04 Å². The Kier molecular flexibility index (Phi) is 4.76. The van der Waals surface area contributed by atoms with Crippen molar-refractivity contribution in [1.29, 1.82) is 0 Å². The van der Waals surface area contributed by atoms with Crippen LogP contribution in [0.25, 0.3) is 0 Å². The molecule has 0 saturated heterocycles. The first-order valence-electron chi connectivity index (χ1n) is 6.52. The van der Waals surface area contributed by atoms with Crippen molar-refractivity contribution in [2.75, 3.05) is 5.32 Å². The number of hydrogen-bond acceptors (Lipinski definition) is 3. The topological polar surface area (TPSA) is 67.1 Å². The van der Waals surface area contributed by atoms with Crippen molar-refractivity contribution in [3.63, 3.8) is 0 Å². The fourth-order valence-electron chi connectivity index (χ4n) is 1.87. The van der Waals surface area contributed by atoms with Gasteiger partial charge in [-0.3, -0.25) is 0 Å². The molecule has 2 amide bonds. The second kappa shape index (κ2) is 6.54. The van der Waals surface area contributed by atoms with Crippen LogP contribution in [0.3, 0.4) is 0 Å². The van der Waals surface area contributed by atoms with Crippen molar-refractivity contribution >= 4 is 23.1 Å². The Morgan fingerprint density at radius 3 is 2.70 bits per heavy atom. The number of urea groups is 1. The van der Waals surface area contributed by atoms with E-state index in [-0.39, 0.29) is 18.1 Å². The second-order valence-corrected chi connectivity index (χ2v) is 5.73. The van der Waals surface area contributed by atoms with E-state index in [9.17, 15) is 4.79 Å². The quantitative estimate of drug-likeness (QED) is 0.804. The van der Waals surface area contributed by atoms with Crippen LogP contribution in [0, 0.1) is 0 Å². The van der Waals surface area contributed by atoms with Gasteiger partial charge in [0.25, 0.3) is 0 Å². The van der Waals surface area contributed by atoms with Crippen LogP contribution in [-0.4, -0.2) is 6.03 Å². The van der Waals surface area contributed by atoms with Gasteiger partial charge in [-0.05, 0) is 43.0 Å². The molecule has 4 nitrogen and oxygen atoms in total. The summed E-state index contributed by atoms with van der Waals surface area (Å²) in [6.45, 7) is 3.88. The lowest BCUT2D eigenvalue weighted by atomic mass is 10.1. The summed E-state index contributed by atoms with van der Waals surface area (Å²) in [4.78, 5) is 13.1. The number of carbonyl (C=O) groups is 1. The van der Waals surface area contributed by atoms with Crippen molar-refractivity contribution in [3.8, 4) is 0 Å². The van der Waals surface area contributed by atoms with Crippen LogP contribution >= 0.6 is 11.3 Å². The molecule has 4 N–H and O–H groups in total. The molecule has 2 rings (SSSR count). The standard InChI is InChI=1S/C15H19N3OS/c1-10(16)12-5-3-6-13(9-12)18-15(19)17-11(2)14-7-4-8-20-14/h3-11H,16H2,1-2H3,(H2,17,18,19). The summed E-state index contributed by atoms with van der Waals surface area (Å²) >= 11 is 1.63. The number of carbonyl (C=O) groups excluding carboxylic acids is 1. The normalized spacial score (nSPS) is 13.6. The van der Waals surface area contributed by atoms with Gasteiger partial charge >= 0.3 is 6.03 Å². The molecule has 0 bridgehead atoms. The summed E-state index contributed by atoms with van der Waals surface area (Å²) in [6, 6.07) is 11.3. The number of hydrogen-bond donors (Lipinski definition) is 3. The molecular weight excluding hydrogens is 270 g/mol. The summed E-state index contributed by atoms with van der Waals surface area (Å²) in [5.41, 5.74) is 7.57. The Balaban J connectivity index is 1.96. The minimum Gasteiger partial charge on any atom is -0.331 e. The first-order valence-corrected chi connectivity index (χ1v) is 7.40. The van der Waals surface area contributed by atoms with Gasteiger partial charge in [0.15, 0.2) is 0 Å². The summed E-state index contributed by atoms with van der Waals surface area (Å²) < 4.78 is 0. The third-order valence-electron chi connectivity index (χ3n) is 2.99. The van der Waals surface area contributed by atoms with Gasteiger partial charge in [-0.15, -0.1) is 11.3 Å². The lowest BCUT2D eigenvalue weighted by Gasteiger charge is -2.14. The third-order valence-corrected chi connectivity index (χ3v) is 4.04. The molecule has 0 aliphatic rings. The molecule has 2 atom stereocenters. The SMILES string of the molecule is CC(N)c1cccc(NC(=O)NC(C)c2cccs2)c1. The number of benzene rings is 1. The molecule has 1 heterocycles. The zero-order valence-corrected chi connectivity index (χ0v) is 12.4. The van der Waals surface area contributed by atoms with Crippen molar-refractivity contribution in [2.45, 2.75) is 25.9 Å². The lowest BCUT2D eigenvalue weighted by molar-refractivity contribution is 0.249. The summed E-state index contributed by atoms with van der Waals surface area (Å²) in [5, 5.41) is 7.74. The molecule has 5 heteroatoms. The molecule has 2 aromatic rings. The molecule has 0 spiro atoms. The predicted molar refractivity (Wildman–Crippen MR) is 83.9 cm³/mol. The molecule has 106 valence electrons. The van der Waals surface area contributed by atoms with Gasteiger partial charge < -0.3 is 16.4 Å². The van der Waals surface area contributed by atoms with Crippen LogP contribution < -0.4 is 16.4 Å². The summed E-state index contributed by atoms with van der Waals surface area (Å²) in [7, 11) is 0. The molecule has 0 fully saturated rings. The fourth-order valence-corrected chi connectivity index (χ4v) is 2.61. The van der Waals surface area contributed by atoms with E-state index < -0.39 is 0 Å². The number of thiophene rings is 1. The van der Waals surface area contributed by atoms with E-state index in [4.69, 9.17) is 5.73 Å². The van der Waals surface area contributed by atoms with Crippen LogP contribution in [0.1, 0.15) is 36.4 Å². The Labute approximate surface area is 123 Å². The maximum absolute atomic E-state index is 12.0. The number of nitrogens with two attached hydrogens (primary N) is 1. The third kappa shape index (κ3) is 3.82. The van der Waals surface area contributed by atoms with Crippen molar-refractivity contribution in [1.82, 2.24) is 5.32 Å². The molecule has 20 heavy (non-hydrogen) atoms. The Bertz CT molecular complexity index is 566. The molecule has 0 radical (unpaired) electrons. The van der Waals surface area contributed by atoms with E-state index in [0.29, 0.717) is 0 Å². The first kappa shape index (κ1) is 14.6. The number of nitrogens with one attached hydrogen (secondary N) is 2. The maximum atomic E-state index is 12.0.